The van der Waals surface area contributed by atoms with E-state index in [-0.39, 0.29) is 10.8 Å². The molecule has 1 rings (SSSR count). The van der Waals surface area contributed by atoms with Gasteiger partial charge in [0.15, 0.2) is 5.76 Å². The van der Waals surface area contributed by atoms with Gasteiger partial charge in [0.25, 0.3) is 5.79 Å². The van der Waals surface area contributed by atoms with Crippen molar-refractivity contribution in [2.45, 2.75) is 5.79 Å². The summed E-state index contributed by atoms with van der Waals surface area (Å²) in [5.41, 5.74) is 0. The molecule has 0 aromatic heterocycles. The lowest BCUT2D eigenvalue weighted by molar-refractivity contribution is -0.209. The molecule has 12 heavy (non-hydrogen) atoms. The van der Waals surface area contributed by atoms with Crippen molar-refractivity contribution in [1.82, 2.24) is 0 Å². The van der Waals surface area contributed by atoms with Crippen molar-refractivity contribution in [2.24, 2.45) is 0 Å². The zero-order valence-corrected chi connectivity index (χ0v) is 7.77. The fourth-order valence-corrected chi connectivity index (χ4v) is 1.44. The fourth-order valence-electron chi connectivity index (χ4n) is 1.11. The van der Waals surface area contributed by atoms with Crippen molar-refractivity contribution in [3.8, 4) is 0 Å². The number of rotatable bonds is 3. The summed E-state index contributed by atoms with van der Waals surface area (Å²) >= 11 is 5.55. The van der Waals surface area contributed by atoms with E-state index >= 15 is 0 Å². The zero-order chi connectivity index (χ0) is 9.35. The minimum Gasteiger partial charge on any atom is -0.493 e. The van der Waals surface area contributed by atoms with Gasteiger partial charge in [-0.15, -0.1) is 0 Å². The number of halogens is 1. The number of methoxy groups -OCH3 is 3. The molecule has 0 fully saturated rings. The predicted octanol–water partition coefficient (Wildman–Crippen LogP) is 0.655. The summed E-state index contributed by atoms with van der Waals surface area (Å²) in [7, 11) is 4.10. The smallest absolute Gasteiger partial charge is 0.296 e. The third-order valence-corrected chi connectivity index (χ3v) is 2.12. The fraction of sp³-hybridized carbons (Fsp3) is 0.571. The summed E-state index contributed by atoms with van der Waals surface area (Å²) in [5, 5.41) is 0.0289. The van der Waals surface area contributed by atoms with Crippen molar-refractivity contribution >= 4 is 17.4 Å². The maximum atomic E-state index is 11.2. The molecule has 0 aliphatic heterocycles. The molecule has 0 bridgehead atoms. The van der Waals surface area contributed by atoms with Crippen molar-refractivity contribution < 1.29 is 19.0 Å². The molecule has 0 N–H and O–H groups in total. The van der Waals surface area contributed by atoms with Gasteiger partial charge in [0.2, 0.25) is 5.78 Å². The largest absolute Gasteiger partial charge is 0.493 e. The highest BCUT2D eigenvalue weighted by atomic mass is 35.5. The highest BCUT2D eigenvalue weighted by molar-refractivity contribution is 6.47. The Balaban J connectivity index is 3.03. The summed E-state index contributed by atoms with van der Waals surface area (Å²) < 4.78 is 14.6. The Morgan fingerprint density at radius 3 is 2.00 bits per heavy atom. The monoisotopic (exact) mass is 192 g/mol. The van der Waals surface area contributed by atoms with Crippen molar-refractivity contribution in [2.75, 3.05) is 21.3 Å². The number of carbonyl (C=O) groups is 1. The molecule has 0 atom stereocenters. The summed E-state index contributed by atoms with van der Waals surface area (Å²) in [4.78, 5) is 11.2. The molecule has 0 unspecified atom stereocenters. The van der Waals surface area contributed by atoms with Gasteiger partial charge < -0.3 is 14.2 Å². The standard InChI is InChI=1S/C7H9ClO4/c1-10-6-4(8)5(9)7(6,11-2)12-3/h1-3H3. The van der Waals surface area contributed by atoms with E-state index in [1.165, 1.54) is 21.3 Å². The van der Waals surface area contributed by atoms with Crippen LogP contribution in [0.1, 0.15) is 0 Å². The quantitative estimate of drug-likeness (QED) is 0.616. The Kier molecular flexibility index (Phi) is 2.41. The minimum absolute atomic E-state index is 0.0289. The van der Waals surface area contributed by atoms with Gasteiger partial charge >= 0.3 is 0 Å². The highest BCUT2D eigenvalue weighted by Crippen LogP contribution is 2.40. The van der Waals surface area contributed by atoms with Crippen molar-refractivity contribution in [3.63, 3.8) is 0 Å². The minimum atomic E-state index is -1.41. The first-order valence-electron chi connectivity index (χ1n) is 3.23. The van der Waals surface area contributed by atoms with Crippen LogP contribution in [-0.2, 0) is 19.0 Å². The molecule has 1 aliphatic rings. The molecule has 0 heterocycles. The second-order valence-corrected chi connectivity index (χ2v) is 2.58. The normalized spacial score (nSPS) is 20.8. The lowest BCUT2D eigenvalue weighted by atomic mass is 9.97. The predicted molar refractivity (Wildman–Crippen MR) is 41.6 cm³/mol. The van der Waals surface area contributed by atoms with E-state index < -0.39 is 11.6 Å². The summed E-state index contributed by atoms with van der Waals surface area (Å²) in [6, 6.07) is 0. The van der Waals surface area contributed by atoms with Crippen LogP contribution in [0, 0.1) is 0 Å². The Labute approximate surface area is 75.0 Å². The van der Waals surface area contributed by atoms with E-state index in [2.05, 4.69) is 0 Å². The van der Waals surface area contributed by atoms with Gasteiger partial charge in [-0.2, -0.15) is 0 Å². The van der Waals surface area contributed by atoms with Gasteiger partial charge in [0, 0.05) is 14.2 Å². The first kappa shape index (κ1) is 9.51. The molecular formula is C7H9ClO4. The van der Waals surface area contributed by atoms with E-state index in [1.807, 2.05) is 0 Å². The number of Topliss-reactive ketones (excluding diaryl/α,β-unsaturated/α-hetero) is 1. The number of hydrogen-bond donors (Lipinski definition) is 0. The SMILES string of the molecule is COC1=C(Cl)C(=O)C1(OC)OC. The van der Waals surface area contributed by atoms with Crippen LogP contribution in [0.15, 0.2) is 10.8 Å². The van der Waals surface area contributed by atoms with Crippen LogP contribution in [0.3, 0.4) is 0 Å². The van der Waals surface area contributed by atoms with Gasteiger partial charge in [-0.1, -0.05) is 11.6 Å². The van der Waals surface area contributed by atoms with E-state index in [0.29, 0.717) is 0 Å². The third kappa shape index (κ3) is 0.888. The van der Waals surface area contributed by atoms with Crippen LogP contribution >= 0.6 is 11.6 Å². The molecule has 1 aliphatic carbocycles. The molecule has 5 heteroatoms. The summed E-state index contributed by atoms with van der Waals surface area (Å²) in [5.74, 6) is -1.60. The lowest BCUT2D eigenvalue weighted by Gasteiger charge is -2.37. The summed E-state index contributed by atoms with van der Waals surface area (Å²) in [6.45, 7) is 0. The number of hydrogen-bond acceptors (Lipinski definition) is 4. The molecular weight excluding hydrogens is 184 g/mol. The average Bonchev–Trinajstić information content (AvgIpc) is 2.12. The van der Waals surface area contributed by atoms with E-state index in [4.69, 9.17) is 25.8 Å². The Hall–Kier alpha value is -0.580. The highest BCUT2D eigenvalue weighted by Gasteiger charge is 2.57. The third-order valence-electron chi connectivity index (χ3n) is 1.78. The van der Waals surface area contributed by atoms with Gasteiger partial charge in [0.05, 0.1) is 7.11 Å². The van der Waals surface area contributed by atoms with Crippen LogP contribution in [0.2, 0.25) is 0 Å². The Morgan fingerprint density at radius 1 is 1.25 bits per heavy atom. The van der Waals surface area contributed by atoms with Crippen LogP contribution in [0.5, 0.6) is 0 Å². The van der Waals surface area contributed by atoms with Gasteiger partial charge in [-0.25, -0.2) is 0 Å². The Bertz CT molecular complexity index is 242. The number of ketones is 1. The lowest BCUT2D eigenvalue weighted by Crippen LogP contribution is -2.53. The molecule has 4 nitrogen and oxygen atoms in total. The van der Waals surface area contributed by atoms with E-state index in [0.717, 1.165) is 0 Å². The first-order chi connectivity index (χ1) is 5.64. The molecule has 0 saturated carbocycles. The summed E-state index contributed by atoms with van der Waals surface area (Å²) in [6.07, 6.45) is 0. The number of ether oxygens (including phenoxy) is 3. The molecule has 0 radical (unpaired) electrons. The molecule has 68 valence electrons. The molecule has 0 amide bonds. The molecule has 0 aromatic carbocycles. The molecule has 0 spiro atoms. The van der Waals surface area contributed by atoms with Gasteiger partial charge in [-0.05, 0) is 0 Å². The van der Waals surface area contributed by atoms with E-state index in [9.17, 15) is 4.79 Å². The maximum Gasteiger partial charge on any atom is 0.296 e. The van der Waals surface area contributed by atoms with Crippen LogP contribution in [0.4, 0.5) is 0 Å². The van der Waals surface area contributed by atoms with Crippen molar-refractivity contribution in [3.05, 3.63) is 10.8 Å². The topological polar surface area (TPSA) is 44.8 Å². The first-order valence-corrected chi connectivity index (χ1v) is 3.61. The average molecular weight is 193 g/mol. The Morgan fingerprint density at radius 2 is 1.75 bits per heavy atom. The molecule has 0 aromatic rings. The maximum absolute atomic E-state index is 11.2. The molecule has 0 saturated heterocycles. The second-order valence-electron chi connectivity index (χ2n) is 2.20. The second kappa shape index (κ2) is 3.05. The van der Waals surface area contributed by atoms with Crippen molar-refractivity contribution in [1.29, 1.82) is 0 Å². The zero-order valence-electron chi connectivity index (χ0n) is 7.01. The van der Waals surface area contributed by atoms with Crippen LogP contribution < -0.4 is 0 Å². The van der Waals surface area contributed by atoms with E-state index in [1.54, 1.807) is 0 Å². The van der Waals surface area contributed by atoms with Crippen LogP contribution in [0.25, 0.3) is 0 Å². The van der Waals surface area contributed by atoms with Crippen LogP contribution in [-0.4, -0.2) is 32.9 Å². The van der Waals surface area contributed by atoms with Gasteiger partial charge in [-0.3, -0.25) is 4.79 Å². The van der Waals surface area contributed by atoms with Gasteiger partial charge in [0.1, 0.15) is 5.03 Å². The number of carbonyl (C=O) groups excluding carboxylic acids is 1.